The van der Waals surface area contributed by atoms with Gasteiger partial charge in [-0.2, -0.15) is 4.68 Å². The van der Waals surface area contributed by atoms with Crippen molar-refractivity contribution >= 4 is 27.3 Å². The number of sulfonamides is 1. The van der Waals surface area contributed by atoms with Gasteiger partial charge < -0.3 is 5.32 Å². The molecule has 11 heteroatoms. The second-order valence-electron chi connectivity index (χ2n) is 4.72. The molecule has 0 saturated carbocycles. The summed E-state index contributed by atoms with van der Waals surface area (Å²) in [6.45, 7) is 2.35. The quantitative estimate of drug-likeness (QED) is 0.672. The smallest absolute Gasteiger partial charge is 0.263 e. The number of carbonyl (C=O) groups excluding carboxylic acids is 1. The Balaban J connectivity index is 1.86. The third-order valence-electron chi connectivity index (χ3n) is 3.22. The number of rotatable bonds is 8. The number of tetrazole rings is 1. The van der Waals surface area contributed by atoms with Crippen LogP contribution in [0.3, 0.4) is 0 Å². The summed E-state index contributed by atoms with van der Waals surface area (Å²) in [7, 11) is -1.64. The van der Waals surface area contributed by atoms with Crippen LogP contribution in [0.2, 0.25) is 0 Å². The molecule has 9 nitrogen and oxygen atoms in total. The molecule has 0 atom stereocenters. The normalized spacial score (nSPS) is 11.8. The van der Waals surface area contributed by atoms with Crippen molar-refractivity contribution in [2.75, 3.05) is 25.9 Å². The molecule has 0 spiro atoms. The van der Waals surface area contributed by atoms with Gasteiger partial charge in [0, 0.05) is 20.1 Å². The minimum Gasteiger partial charge on any atom is -0.351 e. The molecule has 0 saturated heterocycles. The fraction of sp³-hybridized carbons (Fsp3) is 0.500. The Labute approximate surface area is 138 Å². The van der Waals surface area contributed by atoms with Gasteiger partial charge in [0.2, 0.25) is 10.0 Å². The summed E-state index contributed by atoms with van der Waals surface area (Å²) in [5.41, 5.74) is 0.614. The SMILES string of the molecule is CCS(=O)(=O)N(C)CCCNC(=O)c1sccc1-n1cnnn1. The first kappa shape index (κ1) is 17.5. The predicted octanol–water partition coefficient (Wildman–Crippen LogP) is 0.125. The van der Waals surface area contributed by atoms with Crippen LogP contribution in [0.5, 0.6) is 0 Å². The monoisotopic (exact) mass is 358 g/mol. The molecule has 2 aromatic rings. The van der Waals surface area contributed by atoms with Gasteiger partial charge in [0.05, 0.1) is 11.4 Å². The minimum absolute atomic E-state index is 0.0698. The second-order valence-corrected chi connectivity index (χ2v) is 8.00. The van der Waals surface area contributed by atoms with E-state index >= 15 is 0 Å². The van der Waals surface area contributed by atoms with Crippen LogP contribution in [0.25, 0.3) is 5.69 Å². The van der Waals surface area contributed by atoms with E-state index in [0.29, 0.717) is 30.1 Å². The maximum atomic E-state index is 12.2. The van der Waals surface area contributed by atoms with Crippen LogP contribution in [0.15, 0.2) is 17.8 Å². The molecular formula is C12H18N6O3S2. The minimum atomic E-state index is -3.18. The predicted molar refractivity (Wildman–Crippen MR) is 86.1 cm³/mol. The molecule has 23 heavy (non-hydrogen) atoms. The van der Waals surface area contributed by atoms with Crippen molar-refractivity contribution < 1.29 is 13.2 Å². The van der Waals surface area contributed by atoms with Crippen molar-refractivity contribution in [1.82, 2.24) is 29.8 Å². The van der Waals surface area contributed by atoms with Crippen LogP contribution in [-0.2, 0) is 10.0 Å². The maximum Gasteiger partial charge on any atom is 0.263 e. The van der Waals surface area contributed by atoms with E-state index in [-0.39, 0.29) is 11.7 Å². The van der Waals surface area contributed by atoms with Gasteiger partial charge in [0.25, 0.3) is 5.91 Å². The van der Waals surface area contributed by atoms with E-state index in [9.17, 15) is 13.2 Å². The zero-order valence-corrected chi connectivity index (χ0v) is 14.5. The number of amides is 1. The number of aromatic nitrogens is 4. The third kappa shape index (κ3) is 4.33. The van der Waals surface area contributed by atoms with Gasteiger partial charge in [-0.3, -0.25) is 4.79 Å². The summed E-state index contributed by atoms with van der Waals surface area (Å²) < 4.78 is 25.9. The van der Waals surface area contributed by atoms with Crippen molar-refractivity contribution in [3.63, 3.8) is 0 Å². The van der Waals surface area contributed by atoms with E-state index in [1.165, 1.54) is 33.7 Å². The van der Waals surface area contributed by atoms with Crippen LogP contribution in [0.1, 0.15) is 23.0 Å². The molecule has 1 amide bonds. The summed E-state index contributed by atoms with van der Waals surface area (Å²) in [4.78, 5) is 12.7. The van der Waals surface area contributed by atoms with Crippen LogP contribution in [0, 0.1) is 0 Å². The van der Waals surface area contributed by atoms with E-state index in [1.54, 1.807) is 18.4 Å². The van der Waals surface area contributed by atoms with Crippen LogP contribution >= 0.6 is 11.3 Å². The molecule has 2 rings (SSSR count). The standard InChI is InChI=1S/C12H18N6O3S2/c1-3-23(20,21)17(2)7-4-6-13-12(19)11-10(5-8-22-11)18-9-14-15-16-18/h5,8-9H,3-4,6-7H2,1-2H3,(H,13,19). The van der Waals surface area contributed by atoms with E-state index in [4.69, 9.17) is 0 Å². The Kier molecular flexibility index (Phi) is 5.80. The highest BCUT2D eigenvalue weighted by Crippen LogP contribution is 2.19. The first-order chi connectivity index (χ1) is 11.0. The molecule has 0 aliphatic rings. The molecule has 2 aromatic heterocycles. The fourth-order valence-electron chi connectivity index (χ4n) is 1.87. The molecule has 0 unspecified atom stereocenters. The second kappa shape index (κ2) is 7.62. The number of nitrogens with zero attached hydrogens (tertiary/aromatic N) is 5. The van der Waals surface area contributed by atoms with E-state index < -0.39 is 10.0 Å². The lowest BCUT2D eigenvalue weighted by Gasteiger charge is -2.15. The van der Waals surface area contributed by atoms with E-state index in [0.717, 1.165) is 0 Å². The molecule has 0 aliphatic heterocycles. The maximum absolute atomic E-state index is 12.2. The molecule has 2 heterocycles. The zero-order valence-electron chi connectivity index (χ0n) is 12.8. The Morgan fingerprint density at radius 1 is 1.48 bits per heavy atom. The fourth-order valence-corrected chi connectivity index (χ4v) is 3.51. The molecule has 126 valence electrons. The number of hydrogen-bond acceptors (Lipinski definition) is 7. The average Bonchev–Trinajstić information content (AvgIpc) is 3.20. The summed E-state index contributed by atoms with van der Waals surface area (Å²) >= 11 is 1.29. The van der Waals surface area contributed by atoms with Gasteiger partial charge in [0.1, 0.15) is 11.2 Å². The van der Waals surface area contributed by atoms with Gasteiger partial charge in [-0.05, 0) is 35.2 Å². The number of thiophene rings is 1. The number of hydrogen-bond donors (Lipinski definition) is 1. The van der Waals surface area contributed by atoms with Gasteiger partial charge in [0.15, 0.2) is 0 Å². The highest BCUT2D eigenvalue weighted by atomic mass is 32.2. The Morgan fingerprint density at radius 2 is 2.26 bits per heavy atom. The number of carbonyl (C=O) groups is 1. The van der Waals surface area contributed by atoms with Gasteiger partial charge in [-0.1, -0.05) is 0 Å². The highest BCUT2D eigenvalue weighted by molar-refractivity contribution is 7.89. The van der Waals surface area contributed by atoms with E-state index in [1.807, 2.05) is 0 Å². The Bertz CT molecular complexity index is 741. The van der Waals surface area contributed by atoms with Crippen molar-refractivity contribution in [1.29, 1.82) is 0 Å². The first-order valence-corrected chi connectivity index (χ1v) is 9.47. The molecule has 0 bridgehead atoms. The molecule has 0 aromatic carbocycles. The summed E-state index contributed by atoms with van der Waals surface area (Å²) in [5, 5.41) is 15.4. The number of nitrogens with one attached hydrogen (secondary N) is 1. The van der Waals surface area contributed by atoms with Crippen molar-refractivity contribution in [2.45, 2.75) is 13.3 Å². The van der Waals surface area contributed by atoms with Crippen molar-refractivity contribution in [3.05, 3.63) is 22.7 Å². The van der Waals surface area contributed by atoms with Crippen molar-refractivity contribution in [2.24, 2.45) is 0 Å². The highest BCUT2D eigenvalue weighted by Gasteiger charge is 2.16. The molecule has 0 aliphatic carbocycles. The largest absolute Gasteiger partial charge is 0.351 e. The average molecular weight is 358 g/mol. The summed E-state index contributed by atoms with van der Waals surface area (Å²) in [6, 6.07) is 1.76. The molecule has 0 radical (unpaired) electrons. The Hall–Kier alpha value is -1.85. The van der Waals surface area contributed by atoms with Crippen LogP contribution < -0.4 is 5.32 Å². The third-order valence-corrected chi connectivity index (χ3v) is 5.99. The lowest BCUT2D eigenvalue weighted by molar-refractivity contribution is 0.0957. The summed E-state index contributed by atoms with van der Waals surface area (Å²) in [5.74, 6) is -0.160. The summed E-state index contributed by atoms with van der Waals surface area (Å²) in [6.07, 6.45) is 1.95. The molecular weight excluding hydrogens is 340 g/mol. The van der Waals surface area contributed by atoms with Gasteiger partial charge >= 0.3 is 0 Å². The molecule has 0 fully saturated rings. The van der Waals surface area contributed by atoms with Gasteiger partial charge in [-0.25, -0.2) is 12.7 Å². The topological polar surface area (TPSA) is 110 Å². The van der Waals surface area contributed by atoms with Crippen LogP contribution in [0.4, 0.5) is 0 Å². The lowest BCUT2D eigenvalue weighted by atomic mass is 10.3. The molecule has 1 N–H and O–H groups in total. The van der Waals surface area contributed by atoms with Crippen LogP contribution in [-0.4, -0.2) is 64.7 Å². The van der Waals surface area contributed by atoms with Crippen molar-refractivity contribution in [3.8, 4) is 5.69 Å². The zero-order chi connectivity index (χ0) is 16.9. The van der Waals surface area contributed by atoms with Gasteiger partial charge in [-0.15, -0.1) is 16.4 Å². The first-order valence-electron chi connectivity index (χ1n) is 6.98. The van der Waals surface area contributed by atoms with E-state index in [2.05, 4.69) is 20.8 Å². The lowest BCUT2D eigenvalue weighted by Crippen LogP contribution is -2.32. The Morgan fingerprint density at radius 3 is 2.91 bits per heavy atom.